The first-order valence-corrected chi connectivity index (χ1v) is 9.44. The largest absolute Gasteiger partial charge is 0.496 e. The summed E-state index contributed by atoms with van der Waals surface area (Å²) >= 11 is 1.30. The molecule has 8 heteroatoms. The van der Waals surface area contributed by atoms with Crippen LogP contribution in [0.2, 0.25) is 0 Å². The van der Waals surface area contributed by atoms with Crippen LogP contribution < -0.4 is 4.74 Å². The fourth-order valence-electron chi connectivity index (χ4n) is 2.00. The number of ether oxygens (including phenoxy) is 1. The summed E-state index contributed by atoms with van der Waals surface area (Å²) < 4.78 is 29.1. The van der Waals surface area contributed by atoms with Gasteiger partial charge in [0.1, 0.15) is 5.75 Å². The normalized spacial score (nSPS) is 11.2. The molecule has 23 heavy (non-hydrogen) atoms. The summed E-state index contributed by atoms with van der Waals surface area (Å²) in [5, 5.41) is 10.8. The Hall–Kier alpha value is -2.06. The first kappa shape index (κ1) is 17.3. The van der Waals surface area contributed by atoms with Gasteiger partial charge in [-0.1, -0.05) is 18.2 Å². The molecule has 0 saturated carbocycles. The van der Waals surface area contributed by atoms with E-state index in [1.807, 2.05) is 24.3 Å². The number of para-hydroxylation sites is 1. The minimum atomic E-state index is -3.57. The number of nitro benzene ring substituents is 1. The molecule has 0 aromatic heterocycles. The number of benzene rings is 2. The number of thioether (sulfide) groups is 1. The second kappa shape index (κ2) is 7.01. The predicted octanol–water partition coefficient (Wildman–Crippen LogP) is 3.30. The number of rotatable bonds is 6. The summed E-state index contributed by atoms with van der Waals surface area (Å²) in [4.78, 5) is 10.7. The molecule has 0 amide bonds. The molecule has 2 aromatic carbocycles. The SMILES string of the molecule is COc1ccccc1CSc1ccc([N+](=O)[O-])cc1S(C)(=O)=O. The van der Waals surface area contributed by atoms with Crippen molar-refractivity contribution < 1.29 is 18.1 Å². The highest BCUT2D eigenvalue weighted by Gasteiger charge is 2.19. The topological polar surface area (TPSA) is 86.5 Å². The van der Waals surface area contributed by atoms with E-state index in [2.05, 4.69) is 0 Å². The summed E-state index contributed by atoms with van der Waals surface area (Å²) in [5.41, 5.74) is 0.671. The van der Waals surface area contributed by atoms with Crippen LogP contribution in [0, 0.1) is 10.1 Å². The molecule has 2 aromatic rings. The Balaban J connectivity index is 2.34. The molecule has 0 unspecified atom stereocenters. The van der Waals surface area contributed by atoms with Gasteiger partial charge in [-0.05, 0) is 12.1 Å². The molecule has 0 radical (unpaired) electrons. The third-order valence-corrected chi connectivity index (χ3v) is 5.50. The van der Waals surface area contributed by atoms with Crippen LogP contribution in [0.25, 0.3) is 0 Å². The quantitative estimate of drug-likeness (QED) is 0.450. The van der Waals surface area contributed by atoms with Gasteiger partial charge >= 0.3 is 0 Å². The second-order valence-corrected chi connectivity index (χ2v) is 7.76. The molecular weight excluding hydrogens is 338 g/mol. The van der Waals surface area contributed by atoms with Crippen LogP contribution in [0.3, 0.4) is 0 Å². The minimum absolute atomic E-state index is 0.0356. The lowest BCUT2D eigenvalue weighted by Gasteiger charge is -2.10. The third kappa shape index (κ3) is 4.23. The van der Waals surface area contributed by atoms with Crippen LogP contribution in [0.5, 0.6) is 5.75 Å². The molecular formula is C15H15NO5S2. The zero-order chi connectivity index (χ0) is 17.0. The maximum atomic E-state index is 11.9. The molecule has 0 aliphatic rings. The van der Waals surface area contributed by atoms with Crippen molar-refractivity contribution in [3.63, 3.8) is 0 Å². The Morgan fingerprint density at radius 3 is 2.52 bits per heavy atom. The lowest BCUT2D eigenvalue weighted by molar-refractivity contribution is -0.385. The van der Waals surface area contributed by atoms with E-state index in [0.29, 0.717) is 16.4 Å². The van der Waals surface area contributed by atoms with Gasteiger partial charge in [-0.3, -0.25) is 10.1 Å². The fourth-order valence-corrected chi connectivity index (χ4v) is 4.31. The molecule has 0 saturated heterocycles. The Morgan fingerprint density at radius 2 is 1.91 bits per heavy atom. The van der Waals surface area contributed by atoms with E-state index in [9.17, 15) is 18.5 Å². The standard InChI is InChI=1S/C15H15NO5S2/c1-21-13-6-4-3-5-11(13)10-22-14-8-7-12(16(17)18)9-15(14)23(2,19)20/h3-9H,10H2,1-2H3. The van der Waals surface area contributed by atoms with Crippen LogP contribution in [0.15, 0.2) is 52.3 Å². The van der Waals surface area contributed by atoms with E-state index in [4.69, 9.17) is 4.74 Å². The van der Waals surface area contributed by atoms with Crippen molar-refractivity contribution in [1.29, 1.82) is 0 Å². The predicted molar refractivity (Wildman–Crippen MR) is 88.8 cm³/mol. The van der Waals surface area contributed by atoms with Crippen molar-refractivity contribution in [1.82, 2.24) is 0 Å². The lowest BCUT2D eigenvalue weighted by Crippen LogP contribution is -2.01. The van der Waals surface area contributed by atoms with Crippen LogP contribution in [0.4, 0.5) is 5.69 Å². The number of hydrogen-bond acceptors (Lipinski definition) is 6. The number of nitrogens with zero attached hydrogens (tertiary/aromatic N) is 1. The average Bonchev–Trinajstić information content (AvgIpc) is 2.52. The maximum Gasteiger partial charge on any atom is 0.270 e. The highest BCUT2D eigenvalue weighted by Crippen LogP contribution is 2.34. The Bertz CT molecular complexity index is 834. The molecule has 0 atom stereocenters. The Labute approximate surface area is 138 Å². The maximum absolute atomic E-state index is 11.9. The first-order valence-electron chi connectivity index (χ1n) is 6.56. The van der Waals surface area contributed by atoms with Crippen LogP contribution >= 0.6 is 11.8 Å². The molecule has 122 valence electrons. The van der Waals surface area contributed by atoms with E-state index in [-0.39, 0.29) is 10.6 Å². The van der Waals surface area contributed by atoms with E-state index >= 15 is 0 Å². The second-order valence-electron chi connectivity index (χ2n) is 4.76. The van der Waals surface area contributed by atoms with Crippen molar-refractivity contribution in [3.05, 3.63) is 58.1 Å². The van der Waals surface area contributed by atoms with Gasteiger partial charge < -0.3 is 4.74 Å². The zero-order valence-electron chi connectivity index (χ0n) is 12.6. The molecule has 0 N–H and O–H groups in total. The lowest BCUT2D eigenvalue weighted by atomic mass is 10.2. The fraction of sp³-hybridized carbons (Fsp3) is 0.200. The van der Waals surface area contributed by atoms with Gasteiger partial charge in [0.05, 0.1) is 16.9 Å². The number of non-ortho nitro benzene ring substituents is 1. The highest BCUT2D eigenvalue weighted by molar-refractivity contribution is 7.99. The third-order valence-electron chi connectivity index (χ3n) is 3.11. The van der Waals surface area contributed by atoms with Gasteiger partial charge in [0.2, 0.25) is 0 Å². The van der Waals surface area contributed by atoms with Crippen LogP contribution in [0.1, 0.15) is 5.56 Å². The van der Waals surface area contributed by atoms with Crippen LogP contribution in [-0.4, -0.2) is 26.7 Å². The number of hydrogen-bond donors (Lipinski definition) is 0. The highest BCUT2D eigenvalue weighted by atomic mass is 32.2. The van der Waals surface area contributed by atoms with Gasteiger partial charge in [-0.15, -0.1) is 11.8 Å². The zero-order valence-corrected chi connectivity index (χ0v) is 14.2. The van der Waals surface area contributed by atoms with E-state index < -0.39 is 14.8 Å². The van der Waals surface area contributed by atoms with Crippen LogP contribution in [-0.2, 0) is 15.6 Å². The number of sulfone groups is 1. The van der Waals surface area contributed by atoms with Crippen molar-refractivity contribution in [3.8, 4) is 5.75 Å². The van der Waals surface area contributed by atoms with Gasteiger partial charge in [0.25, 0.3) is 5.69 Å². The van der Waals surface area contributed by atoms with Crippen molar-refractivity contribution in [2.45, 2.75) is 15.5 Å². The summed E-state index contributed by atoms with van der Waals surface area (Å²) in [6.07, 6.45) is 1.04. The molecule has 0 aliphatic heterocycles. The van der Waals surface area contributed by atoms with E-state index in [1.165, 1.54) is 23.9 Å². The molecule has 0 heterocycles. The first-order chi connectivity index (χ1) is 10.8. The molecule has 6 nitrogen and oxygen atoms in total. The number of nitro groups is 1. The molecule has 0 bridgehead atoms. The van der Waals surface area contributed by atoms with Crippen molar-refractivity contribution >= 4 is 27.3 Å². The van der Waals surface area contributed by atoms with Crippen molar-refractivity contribution in [2.75, 3.05) is 13.4 Å². The molecule has 2 rings (SSSR count). The number of methoxy groups -OCH3 is 1. The Morgan fingerprint density at radius 1 is 1.22 bits per heavy atom. The molecule has 0 spiro atoms. The van der Waals surface area contributed by atoms with Gasteiger partial charge in [-0.2, -0.15) is 0 Å². The summed E-state index contributed by atoms with van der Waals surface area (Å²) in [6.45, 7) is 0. The van der Waals surface area contributed by atoms with Crippen molar-refractivity contribution in [2.24, 2.45) is 0 Å². The van der Waals surface area contributed by atoms with Gasteiger partial charge in [-0.25, -0.2) is 8.42 Å². The summed E-state index contributed by atoms with van der Waals surface area (Å²) in [7, 11) is -2.00. The van der Waals surface area contributed by atoms with E-state index in [0.717, 1.165) is 17.9 Å². The van der Waals surface area contributed by atoms with E-state index in [1.54, 1.807) is 7.11 Å². The summed E-state index contributed by atoms with van der Waals surface area (Å²) in [6, 6.07) is 11.3. The minimum Gasteiger partial charge on any atom is -0.496 e. The Kier molecular flexibility index (Phi) is 5.27. The molecule has 0 aliphatic carbocycles. The monoisotopic (exact) mass is 353 g/mol. The average molecular weight is 353 g/mol. The van der Waals surface area contributed by atoms with Gasteiger partial charge in [0.15, 0.2) is 9.84 Å². The molecule has 0 fully saturated rings. The summed E-state index contributed by atoms with van der Waals surface area (Å²) in [5.74, 6) is 1.20. The van der Waals surface area contributed by atoms with Gasteiger partial charge in [0, 0.05) is 34.6 Å². The smallest absolute Gasteiger partial charge is 0.270 e.